The minimum atomic E-state index is -0.914. The SMILES string of the molecule is Cc1c(Cl)c(C(C)C(=O)O)cc2c1OCCO2. The molecule has 0 saturated heterocycles. The molecule has 1 N–H and O–H groups in total. The second kappa shape index (κ2) is 4.45. The molecule has 1 atom stereocenters. The Hall–Kier alpha value is -1.42. The van der Waals surface area contributed by atoms with Gasteiger partial charge >= 0.3 is 5.97 Å². The summed E-state index contributed by atoms with van der Waals surface area (Å²) in [6, 6.07) is 1.66. The fraction of sp³-hybridized carbons (Fsp3) is 0.417. The second-order valence-corrected chi connectivity index (χ2v) is 4.37. The molecule has 0 saturated carbocycles. The van der Waals surface area contributed by atoms with Crippen molar-refractivity contribution in [2.45, 2.75) is 19.8 Å². The fourth-order valence-corrected chi connectivity index (χ4v) is 2.11. The number of carbonyl (C=O) groups is 1. The highest BCUT2D eigenvalue weighted by Gasteiger charge is 2.24. The Balaban J connectivity index is 2.55. The number of hydrogen-bond donors (Lipinski definition) is 1. The zero-order valence-corrected chi connectivity index (χ0v) is 10.4. The molecule has 1 aromatic rings. The van der Waals surface area contributed by atoms with E-state index in [2.05, 4.69) is 0 Å². The van der Waals surface area contributed by atoms with Crippen LogP contribution in [0.3, 0.4) is 0 Å². The number of carboxylic acids is 1. The summed E-state index contributed by atoms with van der Waals surface area (Å²) in [5, 5.41) is 9.46. The Bertz CT molecular complexity index is 470. The van der Waals surface area contributed by atoms with Crippen molar-refractivity contribution in [3.63, 3.8) is 0 Å². The average Bonchev–Trinajstić information content (AvgIpc) is 2.33. The van der Waals surface area contributed by atoms with Crippen molar-refractivity contribution in [3.8, 4) is 11.5 Å². The van der Waals surface area contributed by atoms with Crippen LogP contribution >= 0.6 is 11.6 Å². The van der Waals surface area contributed by atoms with Gasteiger partial charge in [-0.3, -0.25) is 4.79 Å². The molecule has 0 amide bonds. The van der Waals surface area contributed by atoms with E-state index in [4.69, 9.17) is 26.2 Å². The first kappa shape index (κ1) is 12.0. The van der Waals surface area contributed by atoms with Crippen LogP contribution in [0.5, 0.6) is 11.5 Å². The second-order valence-electron chi connectivity index (χ2n) is 3.99. The third-order valence-corrected chi connectivity index (χ3v) is 3.36. The Labute approximate surface area is 104 Å². The van der Waals surface area contributed by atoms with Gasteiger partial charge in [0, 0.05) is 5.56 Å². The van der Waals surface area contributed by atoms with Crippen LogP contribution in [0.2, 0.25) is 5.02 Å². The molecule has 0 fully saturated rings. The van der Waals surface area contributed by atoms with Crippen molar-refractivity contribution in [1.82, 2.24) is 0 Å². The maximum atomic E-state index is 11.0. The lowest BCUT2D eigenvalue weighted by Crippen LogP contribution is -2.17. The largest absolute Gasteiger partial charge is 0.486 e. The van der Waals surface area contributed by atoms with Crippen molar-refractivity contribution in [3.05, 3.63) is 22.2 Å². The first-order chi connectivity index (χ1) is 8.02. The van der Waals surface area contributed by atoms with Gasteiger partial charge in [0.1, 0.15) is 13.2 Å². The van der Waals surface area contributed by atoms with Crippen LogP contribution in [-0.2, 0) is 4.79 Å². The molecule has 0 aromatic heterocycles. The van der Waals surface area contributed by atoms with Crippen molar-refractivity contribution >= 4 is 17.6 Å². The summed E-state index contributed by atoms with van der Waals surface area (Å²) >= 11 is 6.17. The molecule has 0 aliphatic carbocycles. The predicted octanol–water partition coefficient (Wildman–Crippen LogP) is 2.61. The van der Waals surface area contributed by atoms with Gasteiger partial charge in [-0.1, -0.05) is 11.6 Å². The number of fused-ring (bicyclic) bond motifs is 1. The van der Waals surface area contributed by atoms with E-state index in [1.165, 1.54) is 0 Å². The molecular weight excluding hydrogens is 244 g/mol. The van der Waals surface area contributed by atoms with Crippen LogP contribution in [0.15, 0.2) is 6.07 Å². The Kier molecular flexibility index (Phi) is 3.15. The smallest absolute Gasteiger partial charge is 0.310 e. The normalized spacial score (nSPS) is 15.5. The molecule has 17 heavy (non-hydrogen) atoms. The van der Waals surface area contributed by atoms with Crippen molar-refractivity contribution in [2.75, 3.05) is 13.2 Å². The monoisotopic (exact) mass is 256 g/mol. The number of carboxylic acid groups (broad SMARTS) is 1. The molecule has 2 rings (SSSR count). The maximum absolute atomic E-state index is 11.0. The number of halogens is 1. The molecule has 0 bridgehead atoms. The summed E-state index contributed by atoms with van der Waals surface area (Å²) in [5.41, 5.74) is 1.29. The van der Waals surface area contributed by atoms with Gasteiger partial charge in [-0.15, -0.1) is 0 Å². The van der Waals surface area contributed by atoms with Gasteiger partial charge in [0.2, 0.25) is 0 Å². The third kappa shape index (κ3) is 2.05. The molecule has 1 unspecified atom stereocenters. The van der Waals surface area contributed by atoms with E-state index < -0.39 is 11.9 Å². The van der Waals surface area contributed by atoms with E-state index in [1.54, 1.807) is 19.9 Å². The molecule has 0 radical (unpaired) electrons. The van der Waals surface area contributed by atoms with Gasteiger partial charge < -0.3 is 14.6 Å². The van der Waals surface area contributed by atoms with Gasteiger partial charge in [-0.05, 0) is 25.5 Å². The van der Waals surface area contributed by atoms with Gasteiger partial charge in [0.25, 0.3) is 0 Å². The molecule has 5 heteroatoms. The van der Waals surface area contributed by atoms with Crippen molar-refractivity contribution in [1.29, 1.82) is 0 Å². The average molecular weight is 257 g/mol. The van der Waals surface area contributed by atoms with E-state index in [0.29, 0.717) is 35.3 Å². The molecule has 1 aliphatic heterocycles. The zero-order valence-electron chi connectivity index (χ0n) is 9.62. The van der Waals surface area contributed by atoms with Crippen LogP contribution in [0.1, 0.15) is 24.0 Å². The highest BCUT2D eigenvalue weighted by Crippen LogP contribution is 2.42. The van der Waals surface area contributed by atoms with Crippen LogP contribution < -0.4 is 9.47 Å². The standard InChI is InChI=1S/C12H13ClO4/c1-6(12(14)15)8-5-9-11(7(2)10(8)13)17-4-3-16-9/h5-6H,3-4H2,1-2H3,(H,14,15). The first-order valence-corrected chi connectivity index (χ1v) is 5.71. The molecule has 1 aromatic carbocycles. The van der Waals surface area contributed by atoms with Gasteiger partial charge in [-0.2, -0.15) is 0 Å². The molecule has 0 spiro atoms. The van der Waals surface area contributed by atoms with E-state index in [9.17, 15) is 4.79 Å². The van der Waals surface area contributed by atoms with E-state index in [-0.39, 0.29) is 0 Å². The maximum Gasteiger partial charge on any atom is 0.310 e. The number of aliphatic carboxylic acids is 1. The first-order valence-electron chi connectivity index (χ1n) is 5.33. The molecular formula is C12H13ClO4. The number of rotatable bonds is 2. The minimum absolute atomic E-state index is 0.434. The quantitative estimate of drug-likeness (QED) is 0.884. The van der Waals surface area contributed by atoms with E-state index in [1.807, 2.05) is 0 Å². The molecule has 1 aliphatic rings. The van der Waals surface area contributed by atoms with Crippen LogP contribution in [0.25, 0.3) is 0 Å². The molecule has 92 valence electrons. The highest BCUT2D eigenvalue weighted by molar-refractivity contribution is 6.32. The van der Waals surface area contributed by atoms with Gasteiger partial charge in [-0.25, -0.2) is 0 Å². The van der Waals surface area contributed by atoms with Gasteiger partial charge in [0.05, 0.1) is 10.9 Å². The highest BCUT2D eigenvalue weighted by atomic mass is 35.5. The topological polar surface area (TPSA) is 55.8 Å². The van der Waals surface area contributed by atoms with E-state index in [0.717, 1.165) is 5.56 Å². The summed E-state index contributed by atoms with van der Waals surface area (Å²) in [5.74, 6) is -0.399. The summed E-state index contributed by atoms with van der Waals surface area (Å²) in [6.45, 7) is 4.35. The van der Waals surface area contributed by atoms with Crippen LogP contribution in [0, 0.1) is 6.92 Å². The Morgan fingerprint density at radius 1 is 1.47 bits per heavy atom. The summed E-state index contributed by atoms with van der Waals surface area (Å²) in [6.07, 6.45) is 0. The fourth-order valence-electron chi connectivity index (χ4n) is 1.80. The zero-order chi connectivity index (χ0) is 12.6. The van der Waals surface area contributed by atoms with Crippen LogP contribution in [0.4, 0.5) is 0 Å². The number of ether oxygens (including phenoxy) is 2. The lowest BCUT2D eigenvalue weighted by Gasteiger charge is -2.23. The Morgan fingerprint density at radius 3 is 2.76 bits per heavy atom. The van der Waals surface area contributed by atoms with Gasteiger partial charge in [0.15, 0.2) is 11.5 Å². The van der Waals surface area contributed by atoms with Crippen molar-refractivity contribution in [2.24, 2.45) is 0 Å². The molecule has 4 nitrogen and oxygen atoms in total. The lowest BCUT2D eigenvalue weighted by molar-refractivity contribution is -0.138. The lowest BCUT2D eigenvalue weighted by atomic mass is 9.98. The summed E-state index contributed by atoms with van der Waals surface area (Å²) in [7, 11) is 0. The van der Waals surface area contributed by atoms with Crippen LogP contribution in [-0.4, -0.2) is 24.3 Å². The third-order valence-electron chi connectivity index (χ3n) is 2.86. The van der Waals surface area contributed by atoms with Crippen molar-refractivity contribution < 1.29 is 19.4 Å². The Morgan fingerprint density at radius 2 is 2.12 bits per heavy atom. The molecule has 1 heterocycles. The summed E-state index contributed by atoms with van der Waals surface area (Å²) < 4.78 is 10.9. The predicted molar refractivity (Wildman–Crippen MR) is 63.2 cm³/mol. The minimum Gasteiger partial charge on any atom is -0.486 e. The van der Waals surface area contributed by atoms with E-state index >= 15 is 0 Å². The number of benzene rings is 1. The number of hydrogen-bond acceptors (Lipinski definition) is 3. The summed E-state index contributed by atoms with van der Waals surface area (Å²) in [4.78, 5) is 11.0.